The number of nitrogens with one attached hydrogen (secondary N) is 2. The van der Waals surface area contributed by atoms with Gasteiger partial charge >= 0.3 is 0 Å². The van der Waals surface area contributed by atoms with E-state index in [1.807, 2.05) is 24.3 Å². The Morgan fingerprint density at radius 3 is 2.75 bits per heavy atom. The largest absolute Gasteiger partial charge is 0.481 e. The summed E-state index contributed by atoms with van der Waals surface area (Å²) in [6, 6.07) is 7.69. The molecule has 0 saturated carbocycles. The molecule has 2 rings (SSSR count). The number of amides is 1. The summed E-state index contributed by atoms with van der Waals surface area (Å²) in [7, 11) is 0. The number of carbonyl (C=O) groups is 1. The summed E-state index contributed by atoms with van der Waals surface area (Å²) in [4.78, 5) is 12.0. The smallest absolute Gasteiger partial charge is 0.261 e. The number of ether oxygens (including phenoxy) is 1. The maximum absolute atomic E-state index is 12.0. The number of carbonyl (C=O) groups excluding carboxylic acids is 1. The summed E-state index contributed by atoms with van der Waals surface area (Å²) < 4.78 is 6.61. The van der Waals surface area contributed by atoms with E-state index < -0.39 is 6.10 Å². The lowest BCUT2D eigenvalue weighted by Crippen LogP contribution is -2.49. The summed E-state index contributed by atoms with van der Waals surface area (Å²) in [5, 5.41) is 6.29. The minimum atomic E-state index is -0.483. The molecule has 0 bridgehead atoms. The molecule has 1 aromatic carbocycles. The molecule has 1 amide bonds. The van der Waals surface area contributed by atoms with Gasteiger partial charge in [0.25, 0.3) is 5.91 Å². The topological polar surface area (TPSA) is 50.4 Å². The van der Waals surface area contributed by atoms with Crippen LogP contribution in [0.4, 0.5) is 0 Å². The number of benzene rings is 1. The highest BCUT2D eigenvalue weighted by molar-refractivity contribution is 9.10. The van der Waals surface area contributed by atoms with Gasteiger partial charge in [0, 0.05) is 17.1 Å². The third-order valence-electron chi connectivity index (χ3n) is 3.14. The van der Waals surface area contributed by atoms with E-state index in [-0.39, 0.29) is 24.4 Å². The Kier molecular flexibility index (Phi) is 7.34. The van der Waals surface area contributed by atoms with E-state index >= 15 is 0 Å². The zero-order chi connectivity index (χ0) is 13.7. The van der Waals surface area contributed by atoms with Crippen LogP contribution in [0.3, 0.4) is 0 Å². The fourth-order valence-electron chi connectivity index (χ4n) is 2.06. The van der Waals surface area contributed by atoms with Crippen molar-refractivity contribution in [2.45, 2.75) is 31.9 Å². The highest BCUT2D eigenvalue weighted by atomic mass is 79.9. The maximum atomic E-state index is 12.0. The van der Waals surface area contributed by atoms with Gasteiger partial charge in [-0.3, -0.25) is 4.79 Å². The molecule has 2 atom stereocenters. The maximum Gasteiger partial charge on any atom is 0.261 e. The normalized spacial score (nSPS) is 19.6. The van der Waals surface area contributed by atoms with Crippen molar-refractivity contribution in [1.29, 1.82) is 0 Å². The molecule has 1 fully saturated rings. The van der Waals surface area contributed by atoms with Gasteiger partial charge in [0.05, 0.1) is 0 Å². The molecule has 112 valence electrons. The van der Waals surface area contributed by atoms with E-state index in [4.69, 9.17) is 4.74 Å². The van der Waals surface area contributed by atoms with Gasteiger partial charge in [-0.05, 0) is 50.6 Å². The van der Waals surface area contributed by atoms with E-state index in [1.165, 1.54) is 0 Å². The van der Waals surface area contributed by atoms with Crippen LogP contribution >= 0.6 is 28.3 Å². The molecule has 0 aliphatic carbocycles. The molecule has 2 unspecified atom stereocenters. The summed E-state index contributed by atoms with van der Waals surface area (Å²) in [5.41, 5.74) is 0. The highest BCUT2D eigenvalue weighted by Crippen LogP contribution is 2.17. The van der Waals surface area contributed by atoms with Gasteiger partial charge in [-0.2, -0.15) is 0 Å². The Hall–Kier alpha value is -0.780. The fraction of sp³-hybridized carbons (Fsp3) is 0.500. The quantitative estimate of drug-likeness (QED) is 0.864. The fourth-order valence-corrected chi connectivity index (χ4v) is 2.33. The Bertz CT molecular complexity index is 422. The lowest BCUT2D eigenvalue weighted by atomic mass is 10.1. The summed E-state index contributed by atoms with van der Waals surface area (Å²) in [5.74, 6) is 0.643. The average Bonchev–Trinajstić information content (AvgIpc) is 2.42. The third kappa shape index (κ3) is 5.31. The minimum Gasteiger partial charge on any atom is -0.481 e. The van der Waals surface area contributed by atoms with Crippen molar-refractivity contribution < 1.29 is 9.53 Å². The Morgan fingerprint density at radius 1 is 1.45 bits per heavy atom. The molecule has 6 heteroatoms. The molecule has 2 N–H and O–H groups in total. The average molecular weight is 364 g/mol. The highest BCUT2D eigenvalue weighted by Gasteiger charge is 2.20. The second kappa shape index (κ2) is 8.49. The molecule has 1 heterocycles. The third-order valence-corrected chi connectivity index (χ3v) is 3.67. The van der Waals surface area contributed by atoms with Crippen molar-refractivity contribution in [1.82, 2.24) is 10.6 Å². The van der Waals surface area contributed by atoms with Gasteiger partial charge in [-0.15, -0.1) is 12.4 Å². The second-order valence-electron chi connectivity index (χ2n) is 4.77. The second-order valence-corrected chi connectivity index (χ2v) is 5.68. The predicted molar refractivity (Wildman–Crippen MR) is 85.5 cm³/mol. The van der Waals surface area contributed by atoms with Crippen molar-refractivity contribution in [3.8, 4) is 5.75 Å². The van der Waals surface area contributed by atoms with Crippen molar-refractivity contribution in [3.05, 3.63) is 28.7 Å². The van der Waals surface area contributed by atoms with Crippen molar-refractivity contribution in [3.63, 3.8) is 0 Å². The van der Waals surface area contributed by atoms with Crippen LogP contribution in [0.15, 0.2) is 28.7 Å². The van der Waals surface area contributed by atoms with Crippen LogP contribution in [-0.2, 0) is 4.79 Å². The van der Waals surface area contributed by atoms with Crippen LogP contribution in [0.25, 0.3) is 0 Å². The van der Waals surface area contributed by atoms with Crippen LogP contribution in [0, 0.1) is 0 Å². The zero-order valence-corrected chi connectivity index (χ0v) is 13.8. The first-order valence-corrected chi connectivity index (χ1v) is 7.38. The van der Waals surface area contributed by atoms with Gasteiger partial charge in [-0.1, -0.05) is 15.9 Å². The SMILES string of the molecule is CC(Oc1ccc(Br)cc1)C(=O)NC1CCCNC1.Cl. The van der Waals surface area contributed by atoms with Crippen LogP contribution in [0.5, 0.6) is 5.75 Å². The standard InChI is InChI=1S/C14H19BrN2O2.ClH/c1-10(19-13-6-4-11(15)5-7-13)14(18)17-12-3-2-8-16-9-12;/h4-7,10,12,16H,2-3,8-9H2,1H3,(H,17,18);1H. The molecular weight excluding hydrogens is 344 g/mol. The molecule has 0 aromatic heterocycles. The van der Waals surface area contributed by atoms with Gasteiger partial charge in [0.1, 0.15) is 5.75 Å². The van der Waals surface area contributed by atoms with Crippen LogP contribution in [0.2, 0.25) is 0 Å². The predicted octanol–water partition coefficient (Wildman–Crippen LogP) is 2.51. The Morgan fingerprint density at radius 2 is 2.15 bits per heavy atom. The van der Waals surface area contributed by atoms with E-state index in [9.17, 15) is 4.79 Å². The Labute approximate surface area is 134 Å². The van der Waals surface area contributed by atoms with E-state index in [2.05, 4.69) is 26.6 Å². The number of hydrogen-bond donors (Lipinski definition) is 2. The monoisotopic (exact) mass is 362 g/mol. The molecule has 0 spiro atoms. The molecule has 1 aromatic rings. The Balaban J connectivity index is 0.00000200. The number of halogens is 2. The molecular formula is C14H20BrClN2O2. The molecule has 20 heavy (non-hydrogen) atoms. The van der Waals surface area contributed by atoms with Crippen LogP contribution < -0.4 is 15.4 Å². The van der Waals surface area contributed by atoms with Gasteiger partial charge < -0.3 is 15.4 Å². The lowest BCUT2D eigenvalue weighted by molar-refractivity contribution is -0.128. The molecule has 1 saturated heterocycles. The molecule has 1 aliphatic heterocycles. The summed E-state index contributed by atoms with van der Waals surface area (Å²) in [6.07, 6.45) is 1.65. The van der Waals surface area contributed by atoms with Crippen molar-refractivity contribution >= 4 is 34.2 Å². The summed E-state index contributed by atoms with van der Waals surface area (Å²) in [6.45, 7) is 3.65. The van der Waals surface area contributed by atoms with Crippen molar-refractivity contribution in [2.24, 2.45) is 0 Å². The van der Waals surface area contributed by atoms with Gasteiger partial charge in [-0.25, -0.2) is 0 Å². The lowest BCUT2D eigenvalue weighted by Gasteiger charge is -2.25. The van der Waals surface area contributed by atoms with Gasteiger partial charge in [0.15, 0.2) is 6.10 Å². The van der Waals surface area contributed by atoms with Crippen molar-refractivity contribution in [2.75, 3.05) is 13.1 Å². The number of hydrogen-bond acceptors (Lipinski definition) is 3. The molecule has 4 nitrogen and oxygen atoms in total. The molecule has 1 aliphatic rings. The first-order valence-electron chi connectivity index (χ1n) is 6.58. The van der Waals surface area contributed by atoms with Gasteiger partial charge in [0.2, 0.25) is 0 Å². The number of piperidine rings is 1. The minimum absolute atomic E-state index is 0. The number of rotatable bonds is 4. The first-order chi connectivity index (χ1) is 9.15. The zero-order valence-electron chi connectivity index (χ0n) is 11.4. The molecule has 0 radical (unpaired) electrons. The van der Waals surface area contributed by atoms with E-state index in [0.29, 0.717) is 5.75 Å². The van der Waals surface area contributed by atoms with Crippen LogP contribution in [-0.4, -0.2) is 31.1 Å². The van der Waals surface area contributed by atoms with E-state index in [0.717, 1.165) is 30.4 Å². The summed E-state index contributed by atoms with van der Waals surface area (Å²) >= 11 is 3.36. The van der Waals surface area contributed by atoms with Crippen LogP contribution in [0.1, 0.15) is 19.8 Å². The van der Waals surface area contributed by atoms with E-state index in [1.54, 1.807) is 6.92 Å². The first kappa shape index (κ1) is 17.3.